The Balaban J connectivity index is 1.81. The number of rotatable bonds is 7. The van der Waals surface area contributed by atoms with E-state index in [0.29, 0.717) is 16.9 Å². The standard InChI is InChI=1S/C20H24N4O4/c1-20(8-9-20)19(27)23-14(17(21)25)10-12-4-6-13(7-5-12)16-15(28-3)11-22-24(2)18(16)26/h4-7,11,14H,8-10H2,1-3H3,(H2,21,25)(H,23,27)/t14-/m0/s1. The van der Waals surface area contributed by atoms with Crippen LogP contribution < -0.4 is 21.3 Å². The van der Waals surface area contributed by atoms with Gasteiger partial charge in [-0.2, -0.15) is 5.10 Å². The summed E-state index contributed by atoms with van der Waals surface area (Å²) < 4.78 is 6.50. The summed E-state index contributed by atoms with van der Waals surface area (Å²) in [6.45, 7) is 1.87. The molecular weight excluding hydrogens is 360 g/mol. The first-order chi connectivity index (χ1) is 13.2. The van der Waals surface area contributed by atoms with Crippen LogP contribution in [0.2, 0.25) is 0 Å². The number of nitrogens with two attached hydrogens (primary N) is 1. The number of hydrogen-bond acceptors (Lipinski definition) is 5. The summed E-state index contributed by atoms with van der Waals surface area (Å²) in [5.74, 6) is -0.333. The molecule has 1 fully saturated rings. The number of aromatic nitrogens is 2. The van der Waals surface area contributed by atoms with Crippen molar-refractivity contribution in [2.45, 2.75) is 32.2 Å². The molecule has 2 amide bonds. The predicted octanol–water partition coefficient (Wildman–Crippen LogP) is 0.769. The van der Waals surface area contributed by atoms with E-state index in [4.69, 9.17) is 10.5 Å². The van der Waals surface area contributed by atoms with E-state index in [9.17, 15) is 14.4 Å². The van der Waals surface area contributed by atoms with Gasteiger partial charge in [0, 0.05) is 18.9 Å². The lowest BCUT2D eigenvalue weighted by atomic mass is 10.00. The summed E-state index contributed by atoms with van der Waals surface area (Å²) in [4.78, 5) is 36.5. The largest absolute Gasteiger partial charge is 0.494 e. The summed E-state index contributed by atoms with van der Waals surface area (Å²) in [5.41, 5.74) is 6.72. The van der Waals surface area contributed by atoms with Crippen molar-refractivity contribution in [2.75, 3.05) is 7.11 Å². The zero-order valence-corrected chi connectivity index (χ0v) is 16.2. The molecule has 1 aliphatic carbocycles. The molecule has 3 rings (SSSR count). The molecule has 28 heavy (non-hydrogen) atoms. The minimum atomic E-state index is -0.779. The predicted molar refractivity (Wildman–Crippen MR) is 104 cm³/mol. The summed E-state index contributed by atoms with van der Waals surface area (Å²) in [5, 5.41) is 6.71. The summed E-state index contributed by atoms with van der Waals surface area (Å²) in [6.07, 6.45) is 3.41. The lowest BCUT2D eigenvalue weighted by Crippen LogP contribution is -2.48. The maximum Gasteiger partial charge on any atom is 0.278 e. The number of nitrogens with one attached hydrogen (secondary N) is 1. The number of nitrogens with zero attached hydrogens (tertiary/aromatic N) is 2. The first kappa shape index (κ1) is 19.6. The number of aryl methyl sites for hydroxylation is 1. The SMILES string of the molecule is COc1cnn(C)c(=O)c1-c1ccc(C[C@H](NC(=O)C2(C)CC2)C(N)=O)cc1. The number of ether oxygens (including phenoxy) is 1. The molecule has 0 unspecified atom stereocenters. The van der Waals surface area contributed by atoms with Gasteiger partial charge in [0.1, 0.15) is 6.04 Å². The zero-order chi connectivity index (χ0) is 20.5. The normalized spacial score (nSPS) is 15.5. The van der Waals surface area contributed by atoms with Gasteiger partial charge in [0.15, 0.2) is 5.75 Å². The fraction of sp³-hybridized carbons (Fsp3) is 0.400. The van der Waals surface area contributed by atoms with Crippen LogP contribution in [0, 0.1) is 5.41 Å². The molecule has 2 aromatic rings. The Labute approximate surface area is 162 Å². The molecule has 0 spiro atoms. The smallest absolute Gasteiger partial charge is 0.278 e. The Morgan fingerprint density at radius 2 is 1.96 bits per heavy atom. The van der Waals surface area contributed by atoms with Gasteiger partial charge in [-0.15, -0.1) is 0 Å². The molecule has 1 aromatic heterocycles. The molecule has 0 saturated heterocycles. The lowest BCUT2D eigenvalue weighted by Gasteiger charge is -2.18. The number of benzene rings is 1. The van der Waals surface area contributed by atoms with Crippen molar-refractivity contribution >= 4 is 11.8 Å². The summed E-state index contributed by atoms with van der Waals surface area (Å²) >= 11 is 0. The molecule has 8 nitrogen and oxygen atoms in total. The van der Waals surface area contributed by atoms with Gasteiger partial charge in [-0.05, 0) is 24.0 Å². The molecule has 1 saturated carbocycles. The van der Waals surface area contributed by atoms with E-state index in [1.165, 1.54) is 18.0 Å². The molecule has 1 heterocycles. The van der Waals surface area contributed by atoms with Crippen LogP contribution in [0.5, 0.6) is 5.75 Å². The van der Waals surface area contributed by atoms with E-state index in [0.717, 1.165) is 18.4 Å². The van der Waals surface area contributed by atoms with Gasteiger partial charge in [0.2, 0.25) is 11.8 Å². The Bertz CT molecular complexity index is 961. The fourth-order valence-electron chi connectivity index (χ4n) is 2.96. The second-order valence-corrected chi connectivity index (χ2v) is 7.41. The van der Waals surface area contributed by atoms with Crippen molar-refractivity contribution in [3.8, 4) is 16.9 Å². The number of methoxy groups -OCH3 is 1. The van der Waals surface area contributed by atoms with Gasteiger partial charge in [-0.3, -0.25) is 14.4 Å². The molecule has 0 aliphatic heterocycles. The van der Waals surface area contributed by atoms with Crippen LogP contribution in [0.1, 0.15) is 25.3 Å². The quantitative estimate of drug-likeness (QED) is 0.731. The van der Waals surface area contributed by atoms with Crippen molar-refractivity contribution in [1.29, 1.82) is 0 Å². The van der Waals surface area contributed by atoms with Crippen molar-refractivity contribution in [2.24, 2.45) is 18.2 Å². The third-order valence-electron chi connectivity index (χ3n) is 5.20. The Morgan fingerprint density at radius 1 is 1.32 bits per heavy atom. The molecule has 148 valence electrons. The van der Waals surface area contributed by atoms with Gasteiger partial charge in [-0.1, -0.05) is 31.2 Å². The van der Waals surface area contributed by atoms with E-state index < -0.39 is 11.9 Å². The number of hydrogen-bond donors (Lipinski definition) is 2. The average Bonchev–Trinajstić information content (AvgIpc) is 3.42. The molecule has 8 heteroatoms. The second kappa shape index (κ2) is 7.46. The fourth-order valence-corrected chi connectivity index (χ4v) is 2.96. The second-order valence-electron chi connectivity index (χ2n) is 7.41. The van der Waals surface area contributed by atoms with E-state index >= 15 is 0 Å². The monoisotopic (exact) mass is 384 g/mol. The van der Waals surface area contributed by atoms with E-state index in [-0.39, 0.29) is 23.3 Å². The van der Waals surface area contributed by atoms with Gasteiger partial charge in [0.25, 0.3) is 5.56 Å². The van der Waals surface area contributed by atoms with Crippen molar-refractivity contribution in [3.05, 3.63) is 46.4 Å². The van der Waals surface area contributed by atoms with Crippen LogP contribution in [0.15, 0.2) is 35.3 Å². The minimum Gasteiger partial charge on any atom is -0.494 e. The van der Waals surface area contributed by atoms with Crippen LogP contribution in [-0.4, -0.2) is 34.7 Å². The molecule has 0 bridgehead atoms. The first-order valence-corrected chi connectivity index (χ1v) is 9.05. The third kappa shape index (κ3) is 3.90. The molecule has 3 N–H and O–H groups in total. The number of primary amides is 1. The highest BCUT2D eigenvalue weighted by atomic mass is 16.5. The van der Waals surface area contributed by atoms with Crippen molar-refractivity contribution < 1.29 is 14.3 Å². The van der Waals surface area contributed by atoms with E-state index in [2.05, 4.69) is 10.4 Å². The number of carbonyl (C=O) groups excluding carboxylic acids is 2. The lowest BCUT2D eigenvalue weighted by molar-refractivity contribution is -0.130. The molecule has 1 atom stereocenters. The average molecular weight is 384 g/mol. The molecule has 0 radical (unpaired) electrons. The summed E-state index contributed by atoms with van der Waals surface area (Å²) in [7, 11) is 3.05. The topological polar surface area (TPSA) is 116 Å². The number of amides is 2. The van der Waals surface area contributed by atoms with Crippen LogP contribution in [-0.2, 0) is 23.1 Å². The number of carbonyl (C=O) groups is 2. The van der Waals surface area contributed by atoms with Gasteiger partial charge >= 0.3 is 0 Å². The van der Waals surface area contributed by atoms with Gasteiger partial charge < -0.3 is 15.8 Å². The maximum absolute atomic E-state index is 12.4. The van der Waals surface area contributed by atoms with Gasteiger partial charge in [-0.25, -0.2) is 4.68 Å². The maximum atomic E-state index is 12.4. The molecule has 1 aromatic carbocycles. The summed E-state index contributed by atoms with van der Waals surface area (Å²) in [6, 6.07) is 6.37. The van der Waals surface area contributed by atoms with E-state index in [1.54, 1.807) is 31.3 Å². The zero-order valence-electron chi connectivity index (χ0n) is 16.2. The Kier molecular flexibility index (Phi) is 5.22. The molecule has 1 aliphatic rings. The van der Waals surface area contributed by atoms with Crippen molar-refractivity contribution in [3.63, 3.8) is 0 Å². The first-order valence-electron chi connectivity index (χ1n) is 9.05. The van der Waals surface area contributed by atoms with Gasteiger partial charge in [0.05, 0.1) is 18.9 Å². The Hall–Kier alpha value is -3.16. The van der Waals surface area contributed by atoms with Crippen LogP contribution in [0.3, 0.4) is 0 Å². The highest BCUT2D eigenvalue weighted by Gasteiger charge is 2.45. The van der Waals surface area contributed by atoms with Crippen LogP contribution in [0.25, 0.3) is 11.1 Å². The third-order valence-corrected chi connectivity index (χ3v) is 5.20. The minimum absolute atomic E-state index is 0.141. The van der Waals surface area contributed by atoms with Crippen LogP contribution in [0.4, 0.5) is 0 Å². The Morgan fingerprint density at radius 3 is 2.50 bits per heavy atom. The van der Waals surface area contributed by atoms with Crippen molar-refractivity contribution in [1.82, 2.24) is 15.1 Å². The van der Waals surface area contributed by atoms with Crippen LogP contribution >= 0.6 is 0 Å². The highest BCUT2D eigenvalue weighted by Crippen LogP contribution is 2.45. The molecular formula is C20H24N4O4. The highest BCUT2D eigenvalue weighted by molar-refractivity contribution is 5.90. The van der Waals surface area contributed by atoms with E-state index in [1.807, 2.05) is 6.92 Å².